The molecule has 1 atom stereocenters. The van der Waals surface area contributed by atoms with E-state index in [9.17, 15) is 13.6 Å². The van der Waals surface area contributed by atoms with Crippen LogP contribution in [-0.4, -0.2) is 47.1 Å². The summed E-state index contributed by atoms with van der Waals surface area (Å²) < 4.78 is 30.0. The Balaban J connectivity index is 1.70. The van der Waals surface area contributed by atoms with E-state index in [1.165, 1.54) is 17.3 Å². The van der Waals surface area contributed by atoms with Gasteiger partial charge < -0.3 is 4.74 Å². The van der Waals surface area contributed by atoms with Crippen LogP contribution < -0.4 is 4.74 Å². The van der Waals surface area contributed by atoms with E-state index in [2.05, 4.69) is 26.4 Å². The molecule has 0 saturated heterocycles. The van der Waals surface area contributed by atoms with Crippen molar-refractivity contribution in [3.05, 3.63) is 53.6 Å². The zero-order valence-corrected chi connectivity index (χ0v) is 18.0. The average molecular weight is 441 g/mol. The van der Waals surface area contributed by atoms with Crippen LogP contribution in [0.25, 0.3) is 0 Å². The molecule has 0 bridgehead atoms. The minimum absolute atomic E-state index is 0.0705. The molecule has 9 heteroatoms. The van der Waals surface area contributed by atoms with Crippen LogP contribution in [0.2, 0.25) is 0 Å². The van der Waals surface area contributed by atoms with Gasteiger partial charge in [0.1, 0.15) is 12.1 Å². The van der Waals surface area contributed by atoms with Crippen molar-refractivity contribution in [2.24, 2.45) is 15.9 Å². The third kappa shape index (κ3) is 3.76. The van der Waals surface area contributed by atoms with Crippen LogP contribution in [0.15, 0.2) is 46.9 Å². The van der Waals surface area contributed by atoms with E-state index < -0.39 is 12.2 Å². The van der Waals surface area contributed by atoms with E-state index in [0.29, 0.717) is 17.0 Å². The van der Waals surface area contributed by atoms with E-state index >= 15 is 0 Å². The van der Waals surface area contributed by atoms with Crippen molar-refractivity contribution in [1.82, 2.24) is 14.9 Å². The Morgan fingerprint density at radius 3 is 2.47 bits per heavy atom. The van der Waals surface area contributed by atoms with Gasteiger partial charge in [-0.1, -0.05) is 6.07 Å². The van der Waals surface area contributed by atoms with Crippen LogP contribution in [0, 0.1) is 12.8 Å². The minimum atomic E-state index is -2.92. The summed E-state index contributed by atoms with van der Waals surface area (Å²) in [7, 11) is 1.63. The molecule has 1 amide bonds. The summed E-state index contributed by atoms with van der Waals surface area (Å²) in [5.74, 6) is 0.408. The maximum absolute atomic E-state index is 13.6. The van der Waals surface area contributed by atoms with E-state index in [-0.39, 0.29) is 23.5 Å². The first-order valence-electron chi connectivity index (χ1n) is 10.5. The van der Waals surface area contributed by atoms with E-state index in [0.717, 1.165) is 31.2 Å². The zero-order valence-electron chi connectivity index (χ0n) is 18.0. The summed E-state index contributed by atoms with van der Waals surface area (Å²) in [6, 6.07) is 4.85. The first-order chi connectivity index (χ1) is 15.4. The number of rotatable bonds is 5. The van der Waals surface area contributed by atoms with Crippen LogP contribution in [0.5, 0.6) is 5.75 Å². The van der Waals surface area contributed by atoms with Crippen molar-refractivity contribution >= 4 is 18.6 Å². The third-order valence-electron chi connectivity index (χ3n) is 6.55. The van der Waals surface area contributed by atoms with Crippen molar-refractivity contribution in [3.8, 4) is 5.75 Å². The standard InChI is InChI=1S/C23H25F2N5O2/c1-14-10-18(8-9-19(14)32-21(24)25)23(20(31)30(3)22(26-2)29-23)17-6-4-15(5-7-17)16-11-27-13-28-12-16/h8-13,15,17,21H,2,4-7H2,1,3H3. The number of nitrogens with zero attached hydrogens (tertiary/aromatic N) is 5. The topological polar surface area (TPSA) is 80.0 Å². The molecule has 168 valence electrons. The Morgan fingerprint density at radius 2 is 1.91 bits per heavy atom. The monoisotopic (exact) mass is 441 g/mol. The Morgan fingerprint density at radius 1 is 1.22 bits per heavy atom. The number of alkyl halides is 2. The van der Waals surface area contributed by atoms with Gasteiger partial charge in [0.25, 0.3) is 5.91 Å². The molecule has 1 aliphatic heterocycles. The van der Waals surface area contributed by atoms with E-state index in [1.807, 2.05) is 12.4 Å². The number of guanidine groups is 1. The normalized spacial score (nSPS) is 25.7. The van der Waals surface area contributed by atoms with Crippen LogP contribution in [-0.2, 0) is 10.3 Å². The maximum atomic E-state index is 13.6. The molecule has 0 spiro atoms. The van der Waals surface area contributed by atoms with Gasteiger partial charge in [-0.2, -0.15) is 8.78 Å². The Bertz CT molecular complexity index is 1040. The molecule has 2 aliphatic rings. The Labute approximate surface area is 185 Å². The van der Waals surface area contributed by atoms with Crippen molar-refractivity contribution in [2.75, 3.05) is 7.05 Å². The number of benzene rings is 1. The lowest BCUT2D eigenvalue weighted by Crippen LogP contribution is -2.45. The van der Waals surface area contributed by atoms with Gasteiger partial charge in [0.2, 0.25) is 5.96 Å². The largest absolute Gasteiger partial charge is 0.435 e. The van der Waals surface area contributed by atoms with E-state index in [1.54, 1.807) is 26.1 Å². The lowest BCUT2D eigenvalue weighted by molar-refractivity contribution is -0.133. The smallest absolute Gasteiger partial charge is 0.387 e. The van der Waals surface area contributed by atoms with Crippen molar-refractivity contribution in [1.29, 1.82) is 0 Å². The molecule has 32 heavy (non-hydrogen) atoms. The number of ether oxygens (including phenoxy) is 1. The second-order valence-electron chi connectivity index (χ2n) is 8.28. The first-order valence-corrected chi connectivity index (χ1v) is 10.5. The molecular weight excluding hydrogens is 416 g/mol. The molecule has 1 unspecified atom stereocenters. The van der Waals surface area contributed by atoms with Gasteiger partial charge in [0, 0.05) is 19.4 Å². The number of aryl methyl sites for hydroxylation is 1. The second kappa shape index (κ2) is 8.72. The highest BCUT2D eigenvalue weighted by Crippen LogP contribution is 2.49. The number of hydrogen-bond acceptors (Lipinski definition) is 6. The van der Waals surface area contributed by atoms with Crippen molar-refractivity contribution in [3.63, 3.8) is 0 Å². The molecule has 0 N–H and O–H groups in total. The minimum Gasteiger partial charge on any atom is -0.435 e. The average Bonchev–Trinajstić information content (AvgIpc) is 3.07. The van der Waals surface area contributed by atoms with Crippen molar-refractivity contribution < 1.29 is 18.3 Å². The summed E-state index contributed by atoms with van der Waals surface area (Å²) >= 11 is 0. The number of aromatic nitrogens is 2. The molecule has 1 fully saturated rings. The van der Waals surface area contributed by atoms with Gasteiger partial charge >= 0.3 is 6.61 Å². The number of carbonyl (C=O) groups is 1. The third-order valence-corrected chi connectivity index (χ3v) is 6.55. The molecule has 2 aromatic rings. The van der Waals surface area contributed by atoms with Crippen LogP contribution in [0.1, 0.15) is 48.3 Å². The van der Waals surface area contributed by atoms with Crippen LogP contribution >= 0.6 is 0 Å². The van der Waals surface area contributed by atoms with Gasteiger partial charge in [0.15, 0.2) is 5.54 Å². The van der Waals surface area contributed by atoms with Crippen LogP contribution in [0.3, 0.4) is 0 Å². The number of aliphatic imine (C=N–C) groups is 2. The van der Waals surface area contributed by atoms with Gasteiger partial charge in [-0.15, -0.1) is 0 Å². The second-order valence-corrected chi connectivity index (χ2v) is 8.28. The Kier molecular flexibility index (Phi) is 5.99. The summed E-state index contributed by atoms with van der Waals surface area (Å²) in [6.45, 7) is 2.32. The molecule has 4 rings (SSSR count). The number of halogens is 2. The molecule has 1 aromatic heterocycles. The number of hydrogen-bond donors (Lipinski definition) is 0. The highest BCUT2D eigenvalue weighted by atomic mass is 19.3. The van der Waals surface area contributed by atoms with Gasteiger partial charge in [-0.05, 0) is 80.0 Å². The summed E-state index contributed by atoms with van der Waals surface area (Å²) in [5, 5.41) is 0. The SMILES string of the molecule is C=NC1=NC(c2ccc(OC(F)F)c(C)c2)(C2CCC(c3cncnc3)CC2)C(=O)N1C. The van der Waals surface area contributed by atoms with Crippen LogP contribution in [0.4, 0.5) is 8.78 Å². The maximum Gasteiger partial charge on any atom is 0.387 e. The number of amides is 1. The fourth-order valence-electron chi connectivity index (χ4n) is 4.94. The fraction of sp³-hybridized carbons (Fsp3) is 0.435. The zero-order chi connectivity index (χ0) is 22.9. The fourth-order valence-corrected chi connectivity index (χ4v) is 4.94. The van der Waals surface area contributed by atoms with Crippen molar-refractivity contribution in [2.45, 2.75) is 50.7 Å². The molecule has 2 heterocycles. The molecule has 7 nitrogen and oxygen atoms in total. The Hall–Kier alpha value is -3.23. The van der Waals surface area contributed by atoms with Gasteiger partial charge in [0.05, 0.1) is 0 Å². The molecule has 1 saturated carbocycles. The van der Waals surface area contributed by atoms with Gasteiger partial charge in [-0.25, -0.2) is 20.0 Å². The summed E-state index contributed by atoms with van der Waals surface area (Å²) in [5.41, 5.74) is 1.09. The molecule has 1 aliphatic carbocycles. The predicted molar refractivity (Wildman–Crippen MR) is 116 cm³/mol. The molecule has 0 radical (unpaired) electrons. The summed E-state index contributed by atoms with van der Waals surface area (Å²) in [4.78, 5) is 31.9. The predicted octanol–water partition coefficient (Wildman–Crippen LogP) is 4.08. The number of carbonyl (C=O) groups excluding carboxylic acids is 1. The van der Waals surface area contributed by atoms with E-state index in [4.69, 9.17) is 4.99 Å². The summed E-state index contributed by atoms with van der Waals surface area (Å²) in [6.07, 6.45) is 8.46. The lowest BCUT2D eigenvalue weighted by atomic mass is 9.68. The quantitative estimate of drug-likeness (QED) is 0.655. The lowest BCUT2D eigenvalue weighted by Gasteiger charge is -2.38. The number of likely N-dealkylation sites (N-methyl/N-ethyl adjacent to an activating group) is 1. The molecule has 1 aromatic carbocycles. The highest BCUT2D eigenvalue weighted by molar-refractivity contribution is 6.08. The first kappa shape index (κ1) is 22.0. The van der Waals surface area contributed by atoms with Gasteiger partial charge in [-0.3, -0.25) is 9.69 Å². The molecular formula is C23H25F2N5O2. The highest BCUT2D eigenvalue weighted by Gasteiger charge is 2.54.